The number of benzene rings is 1. The Kier molecular flexibility index (Phi) is 7.35. The lowest BCUT2D eigenvalue weighted by Gasteiger charge is -2.30. The Morgan fingerprint density at radius 2 is 1.81 bits per heavy atom. The maximum atomic E-state index is 12.7. The number of methoxy groups -OCH3 is 1. The molecule has 1 rings (SSSR count). The molecule has 1 aromatic carbocycles. The third kappa shape index (κ3) is 5.09. The van der Waals surface area contributed by atoms with Gasteiger partial charge >= 0.3 is 0 Å². The van der Waals surface area contributed by atoms with Crippen LogP contribution in [0, 0.1) is 5.92 Å². The summed E-state index contributed by atoms with van der Waals surface area (Å²) in [7, 11) is 0.212. The molecule has 0 aliphatic rings. The van der Waals surface area contributed by atoms with Gasteiger partial charge in [0.15, 0.2) is 9.84 Å². The number of hydrogen-bond donors (Lipinski definition) is 1. The minimum Gasteiger partial charge on any atom is -0.385 e. The minimum atomic E-state index is -3.20. The highest BCUT2D eigenvalue weighted by Crippen LogP contribution is 2.28. The summed E-state index contributed by atoms with van der Waals surface area (Å²) in [5.41, 5.74) is 1.01. The maximum Gasteiger partial charge on any atom is 0.155 e. The molecule has 4 nitrogen and oxygen atoms in total. The van der Waals surface area contributed by atoms with Crippen molar-refractivity contribution in [2.45, 2.75) is 31.6 Å². The van der Waals surface area contributed by atoms with E-state index in [9.17, 15) is 8.42 Å². The van der Waals surface area contributed by atoms with Gasteiger partial charge in [0, 0.05) is 19.8 Å². The van der Waals surface area contributed by atoms with Crippen LogP contribution in [0.2, 0.25) is 0 Å². The monoisotopic (exact) mass is 313 g/mol. The van der Waals surface area contributed by atoms with E-state index in [0.717, 1.165) is 5.56 Å². The second-order valence-corrected chi connectivity index (χ2v) is 7.88. The molecule has 1 aromatic rings. The number of sulfone groups is 1. The molecule has 0 radical (unpaired) electrons. The largest absolute Gasteiger partial charge is 0.385 e. The van der Waals surface area contributed by atoms with Gasteiger partial charge < -0.3 is 10.1 Å². The fraction of sp³-hybridized carbons (Fsp3) is 0.625. The van der Waals surface area contributed by atoms with Gasteiger partial charge in [0.2, 0.25) is 0 Å². The van der Waals surface area contributed by atoms with Crippen LogP contribution in [0.25, 0.3) is 0 Å². The van der Waals surface area contributed by atoms with Crippen LogP contribution in [-0.2, 0) is 14.6 Å². The first kappa shape index (κ1) is 18.1. The molecule has 120 valence electrons. The molecule has 0 saturated heterocycles. The predicted octanol–water partition coefficient (Wildman–Crippen LogP) is 2.42. The number of ether oxygens (including phenoxy) is 1. The molecule has 0 spiro atoms. The maximum absolute atomic E-state index is 12.7. The van der Waals surface area contributed by atoms with Gasteiger partial charge in [0.25, 0.3) is 0 Å². The fourth-order valence-corrected chi connectivity index (χ4v) is 5.06. The Labute approximate surface area is 128 Å². The van der Waals surface area contributed by atoms with Crippen LogP contribution in [0.4, 0.5) is 0 Å². The quantitative estimate of drug-likeness (QED) is 0.711. The van der Waals surface area contributed by atoms with Crippen molar-refractivity contribution in [3.63, 3.8) is 0 Å². The molecule has 0 aliphatic carbocycles. The van der Waals surface area contributed by atoms with E-state index in [-0.39, 0.29) is 17.7 Å². The topological polar surface area (TPSA) is 55.4 Å². The van der Waals surface area contributed by atoms with Crippen molar-refractivity contribution >= 4 is 9.84 Å². The number of nitrogens with one attached hydrogen (secondary N) is 1. The molecule has 0 aromatic heterocycles. The molecule has 0 saturated carbocycles. The number of rotatable bonds is 9. The standard InChI is InChI=1S/C16H27NO3S/c1-13(2)16(21(18,19)12-8-11-20-4)15(17-3)14-9-6-5-7-10-14/h5-7,9-10,13,15-17H,8,11-12H2,1-4H3. The van der Waals surface area contributed by atoms with Crippen molar-refractivity contribution in [3.8, 4) is 0 Å². The smallest absolute Gasteiger partial charge is 0.155 e. The lowest BCUT2D eigenvalue weighted by Crippen LogP contribution is -2.40. The van der Waals surface area contributed by atoms with Gasteiger partial charge in [-0.05, 0) is 24.9 Å². The molecular weight excluding hydrogens is 286 g/mol. The van der Waals surface area contributed by atoms with E-state index >= 15 is 0 Å². The zero-order valence-electron chi connectivity index (χ0n) is 13.4. The van der Waals surface area contributed by atoms with Gasteiger partial charge in [0.05, 0.1) is 11.0 Å². The first-order valence-corrected chi connectivity index (χ1v) is 9.08. The summed E-state index contributed by atoms with van der Waals surface area (Å²) in [4.78, 5) is 0. The van der Waals surface area contributed by atoms with Gasteiger partial charge in [-0.15, -0.1) is 0 Å². The molecule has 5 heteroatoms. The Balaban J connectivity index is 3.04. The summed E-state index contributed by atoms with van der Waals surface area (Å²) in [5.74, 6) is 0.199. The fourth-order valence-electron chi connectivity index (χ4n) is 2.73. The van der Waals surface area contributed by atoms with Gasteiger partial charge in [-0.3, -0.25) is 0 Å². The van der Waals surface area contributed by atoms with E-state index in [4.69, 9.17) is 4.74 Å². The highest BCUT2D eigenvalue weighted by molar-refractivity contribution is 7.92. The predicted molar refractivity (Wildman–Crippen MR) is 87.1 cm³/mol. The van der Waals surface area contributed by atoms with Gasteiger partial charge in [-0.25, -0.2) is 8.42 Å². The van der Waals surface area contributed by atoms with Gasteiger partial charge in [-0.1, -0.05) is 44.2 Å². The van der Waals surface area contributed by atoms with Crippen molar-refractivity contribution < 1.29 is 13.2 Å². The normalized spacial score (nSPS) is 15.1. The summed E-state index contributed by atoms with van der Waals surface area (Å²) >= 11 is 0. The van der Waals surface area contributed by atoms with Crippen molar-refractivity contribution in [2.75, 3.05) is 26.5 Å². The summed E-state index contributed by atoms with van der Waals surface area (Å²) in [6, 6.07) is 9.57. The first-order valence-electron chi connectivity index (χ1n) is 7.36. The minimum absolute atomic E-state index is 0.0372. The van der Waals surface area contributed by atoms with E-state index in [1.165, 1.54) is 0 Å². The van der Waals surface area contributed by atoms with Crippen molar-refractivity contribution in [3.05, 3.63) is 35.9 Å². The zero-order chi connectivity index (χ0) is 15.9. The molecule has 0 aliphatic heterocycles. The molecule has 0 amide bonds. The Morgan fingerprint density at radius 3 is 2.29 bits per heavy atom. The zero-order valence-corrected chi connectivity index (χ0v) is 14.2. The Hall–Kier alpha value is -0.910. The first-order chi connectivity index (χ1) is 9.94. The van der Waals surface area contributed by atoms with E-state index in [0.29, 0.717) is 13.0 Å². The van der Waals surface area contributed by atoms with Crippen LogP contribution in [0.3, 0.4) is 0 Å². The average molecular weight is 313 g/mol. The average Bonchev–Trinajstić information content (AvgIpc) is 2.45. The van der Waals surface area contributed by atoms with Crippen molar-refractivity contribution in [2.24, 2.45) is 5.92 Å². The Bertz CT molecular complexity index is 500. The summed E-state index contributed by atoms with van der Waals surface area (Å²) in [5, 5.41) is 2.74. The van der Waals surface area contributed by atoms with Gasteiger partial charge in [0.1, 0.15) is 0 Å². The molecule has 0 bridgehead atoms. The lowest BCUT2D eigenvalue weighted by atomic mass is 9.96. The molecule has 0 fully saturated rings. The second-order valence-electron chi connectivity index (χ2n) is 5.60. The Morgan fingerprint density at radius 1 is 1.19 bits per heavy atom. The van der Waals surface area contributed by atoms with Crippen LogP contribution >= 0.6 is 0 Å². The highest BCUT2D eigenvalue weighted by Gasteiger charge is 2.35. The molecule has 2 atom stereocenters. The number of hydrogen-bond acceptors (Lipinski definition) is 4. The SMILES string of the molecule is CNC(c1ccccc1)C(C(C)C)S(=O)(=O)CCCOC. The molecule has 1 N–H and O–H groups in total. The van der Waals surface area contributed by atoms with Gasteiger partial charge in [-0.2, -0.15) is 0 Å². The van der Waals surface area contributed by atoms with Crippen LogP contribution in [0.15, 0.2) is 30.3 Å². The van der Waals surface area contributed by atoms with Crippen molar-refractivity contribution in [1.82, 2.24) is 5.32 Å². The molecule has 2 unspecified atom stereocenters. The lowest BCUT2D eigenvalue weighted by molar-refractivity contribution is 0.199. The van der Waals surface area contributed by atoms with E-state index in [1.54, 1.807) is 7.11 Å². The van der Waals surface area contributed by atoms with Crippen molar-refractivity contribution in [1.29, 1.82) is 0 Å². The van der Waals surface area contributed by atoms with Crippen LogP contribution < -0.4 is 5.32 Å². The van der Waals surface area contributed by atoms with Crippen LogP contribution in [-0.4, -0.2) is 40.2 Å². The summed E-state index contributed by atoms with van der Waals surface area (Å²) < 4.78 is 30.4. The summed E-state index contributed by atoms with van der Waals surface area (Å²) in [6.45, 7) is 4.40. The highest BCUT2D eigenvalue weighted by atomic mass is 32.2. The van der Waals surface area contributed by atoms with Crippen LogP contribution in [0.1, 0.15) is 31.9 Å². The third-order valence-electron chi connectivity index (χ3n) is 3.65. The second kappa shape index (κ2) is 8.51. The molecule has 0 heterocycles. The molecule has 21 heavy (non-hydrogen) atoms. The van der Waals surface area contributed by atoms with E-state index in [2.05, 4.69) is 5.32 Å². The van der Waals surface area contributed by atoms with Crippen LogP contribution in [0.5, 0.6) is 0 Å². The van der Waals surface area contributed by atoms with E-state index in [1.807, 2.05) is 51.2 Å². The third-order valence-corrected chi connectivity index (χ3v) is 6.15. The van der Waals surface area contributed by atoms with E-state index < -0.39 is 15.1 Å². The molecular formula is C16H27NO3S. The summed E-state index contributed by atoms with van der Waals surface area (Å²) in [6.07, 6.45) is 0.535.